The number of rotatable bonds is 9. The Kier molecular flexibility index (Phi) is 8.53. The summed E-state index contributed by atoms with van der Waals surface area (Å²) in [5, 5.41) is 0. The van der Waals surface area contributed by atoms with Crippen molar-refractivity contribution < 1.29 is 34.7 Å². The van der Waals surface area contributed by atoms with Gasteiger partial charge >= 0.3 is 6.18 Å². The number of halogens is 3. The molecule has 0 spiro atoms. The molecular weight excluding hydrogens is 473 g/mol. The van der Waals surface area contributed by atoms with Crippen LogP contribution in [0, 0.1) is 6.92 Å². The molecule has 0 amide bonds. The number of sulfonamides is 1. The van der Waals surface area contributed by atoms with Crippen LogP contribution in [0.4, 0.5) is 19.0 Å². The van der Waals surface area contributed by atoms with E-state index in [2.05, 4.69) is 14.4 Å². The minimum Gasteiger partial charge on any atom is -0.370 e. The Morgan fingerprint density at radius 2 is 1.78 bits per heavy atom. The molecule has 1 aromatic rings. The molecule has 0 radical (unpaired) electrons. The molecule has 1 fully saturated rings. The van der Waals surface area contributed by atoms with Crippen molar-refractivity contribution in [2.75, 3.05) is 56.7 Å². The zero-order chi connectivity index (χ0) is 24.3. The second-order valence-corrected chi connectivity index (χ2v) is 11.8. The number of piperazine rings is 1. The van der Waals surface area contributed by atoms with Crippen LogP contribution in [0.2, 0.25) is 0 Å². The molecule has 32 heavy (non-hydrogen) atoms. The monoisotopic (exact) mass is 502 g/mol. The van der Waals surface area contributed by atoms with Gasteiger partial charge < -0.3 is 9.64 Å². The number of alkyl halides is 3. The number of anilines is 1. The third-order valence-corrected chi connectivity index (χ3v) is 7.57. The van der Waals surface area contributed by atoms with Crippen molar-refractivity contribution in [1.29, 1.82) is 0 Å². The third-order valence-electron chi connectivity index (χ3n) is 5.08. The molecule has 14 heteroatoms. The maximum absolute atomic E-state index is 13.1. The number of methoxy groups -OCH3 is 1. The van der Waals surface area contributed by atoms with Gasteiger partial charge in [-0.1, -0.05) is 0 Å². The summed E-state index contributed by atoms with van der Waals surface area (Å²) in [6.07, 6.45) is -4.40. The lowest BCUT2D eigenvalue weighted by Gasteiger charge is -2.36. The predicted octanol–water partition coefficient (Wildman–Crippen LogP) is 0.801. The summed E-state index contributed by atoms with van der Waals surface area (Å²) in [5.41, 5.74) is 0.535. The number of sulfone groups is 1. The van der Waals surface area contributed by atoms with Crippen LogP contribution in [-0.4, -0.2) is 96.9 Å². The first-order chi connectivity index (χ1) is 14.6. The summed E-state index contributed by atoms with van der Waals surface area (Å²) in [7, 11) is -6.58. The fourth-order valence-electron chi connectivity index (χ4n) is 3.44. The van der Waals surface area contributed by atoms with Crippen molar-refractivity contribution in [3.05, 3.63) is 17.8 Å². The number of hydrogen-bond acceptors (Lipinski definition) is 8. The van der Waals surface area contributed by atoms with E-state index in [0.717, 1.165) is 20.3 Å². The minimum absolute atomic E-state index is 0.0249. The number of nitrogens with one attached hydrogen (secondary N) is 1. The second kappa shape index (κ2) is 10.2. The van der Waals surface area contributed by atoms with Gasteiger partial charge in [0, 0.05) is 52.3 Å². The van der Waals surface area contributed by atoms with Crippen molar-refractivity contribution in [3.63, 3.8) is 0 Å². The fourth-order valence-corrected chi connectivity index (χ4v) is 5.53. The Morgan fingerprint density at radius 3 is 2.28 bits per heavy atom. The third kappa shape index (κ3) is 7.27. The predicted molar refractivity (Wildman–Crippen MR) is 114 cm³/mol. The van der Waals surface area contributed by atoms with Gasteiger partial charge in [-0.05, 0) is 25.5 Å². The Hall–Kier alpha value is -1.48. The number of pyridine rings is 1. The lowest BCUT2D eigenvalue weighted by Crippen LogP contribution is -2.50. The van der Waals surface area contributed by atoms with Crippen LogP contribution in [0.15, 0.2) is 17.2 Å². The zero-order valence-corrected chi connectivity index (χ0v) is 20.0. The average molecular weight is 503 g/mol. The van der Waals surface area contributed by atoms with E-state index >= 15 is 0 Å². The van der Waals surface area contributed by atoms with E-state index in [9.17, 15) is 30.0 Å². The quantitative estimate of drug-likeness (QED) is 0.528. The maximum Gasteiger partial charge on any atom is 0.416 e. The van der Waals surface area contributed by atoms with Crippen LogP contribution in [0.1, 0.15) is 12.5 Å². The van der Waals surface area contributed by atoms with Gasteiger partial charge in [0.25, 0.3) is 0 Å². The first kappa shape index (κ1) is 26.8. The van der Waals surface area contributed by atoms with Crippen molar-refractivity contribution in [2.24, 2.45) is 0 Å². The van der Waals surface area contributed by atoms with Gasteiger partial charge in [0.2, 0.25) is 10.0 Å². The smallest absolute Gasteiger partial charge is 0.370 e. The van der Waals surface area contributed by atoms with E-state index in [1.54, 1.807) is 11.8 Å². The Balaban J connectivity index is 2.21. The summed E-state index contributed by atoms with van der Waals surface area (Å²) >= 11 is 0. The highest BCUT2D eigenvalue weighted by Gasteiger charge is 2.45. The number of nitrogens with zero attached hydrogens (tertiary/aromatic N) is 3. The van der Waals surface area contributed by atoms with E-state index in [4.69, 9.17) is 0 Å². The molecule has 184 valence electrons. The highest BCUT2D eigenvalue weighted by Crippen LogP contribution is 2.28. The normalized spacial score (nSPS) is 18.5. The summed E-state index contributed by atoms with van der Waals surface area (Å²) in [4.78, 5) is 7.70. The summed E-state index contributed by atoms with van der Waals surface area (Å²) in [6.45, 7) is 4.86. The molecule has 0 aliphatic carbocycles. The Bertz CT molecular complexity index is 994. The molecule has 1 saturated heterocycles. The summed E-state index contributed by atoms with van der Waals surface area (Å²) < 4.78 is 94.7. The number of aromatic nitrogens is 1. The average Bonchev–Trinajstić information content (AvgIpc) is 2.65. The van der Waals surface area contributed by atoms with Crippen molar-refractivity contribution in [3.8, 4) is 0 Å². The Morgan fingerprint density at radius 1 is 1.19 bits per heavy atom. The second-order valence-electron chi connectivity index (χ2n) is 7.90. The van der Waals surface area contributed by atoms with Crippen LogP contribution in [0.5, 0.6) is 0 Å². The molecular formula is C18H29F3N4O5S2. The number of hydrogen-bond donors (Lipinski definition) is 1. The molecule has 1 aliphatic rings. The maximum atomic E-state index is 13.1. The topological polar surface area (TPSA) is 109 Å². The van der Waals surface area contributed by atoms with E-state index in [1.165, 1.54) is 12.3 Å². The lowest BCUT2D eigenvalue weighted by molar-refractivity contribution is -0.218. The standard InChI is InChI=1S/C18H29F3N4O5S2/c1-13-11-15(32(28,29)23-14(2)16(30-3)18(19,20)21)17(22-12-13)25-7-5-24(6-8-25)9-10-31(4,26)27/h11-12,14,16,23H,5-10H2,1-4H3. The van der Waals surface area contributed by atoms with Gasteiger partial charge in [-0.3, -0.25) is 4.90 Å². The highest BCUT2D eigenvalue weighted by molar-refractivity contribution is 7.90. The van der Waals surface area contributed by atoms with E-state index in [0.29, 0.717) is 38.3 Å². The van der Waals surface area contributed by atoms with Crippen LogP contribution in [0.25, 0.3) is 0 Å². The molecule has 2 heterocycles. The fraction of sp³-hybridized carbons (Fsp3) is 0.722. The van der Waals surface area contributed by atoms with Gasteiger partial charge in [-0.2, -0.15) is 13.2 Å². The van der Waals surface area contributed by atoms with Crippen LogP contribution in [-0.2, 0) is 24.6 Å². The van der Waals surface area contributed by atoms with Crippen molar-refractivity contribution in [2.45, 2.75) is 37.1 Å². The number of aryl methyl sites for hydroxylation is 1. The molecule has 2 rings (SSSR count). The van der Waals surface area contributed by atoms with Crippen LogP contribution >= 0.6 is 0 Å². The number of ether oxygens (including phenoxy) is 1. The molecule has 1 aliphatic heterocycles. The van der Waals surface area contributed by atoms with Gasteiger partial charge in [0.15, 0.2) is 6.10 Å². The van der Waals surface area contributed by atoms with Gasteiger partial charge in [-0.25, -0.2) is 26.5 Å². The van der Waals surface area contributed by atoms with E-state index < -0.39 is 38.2 Å². The molecule has 0 saturated carbocycles. The molecule has 2 atom stereocenters. The van der Waals surface area contributed by atoms with Crippen molar-refractivity contribution in [1.82, 2.24) is 14.6 Å². The summed E-state index contributed by atoms with van der Waals surface area (Å²) in [5.74, 6) is 0.163. The Labute approximate surface area is 186 Å². The molecule has 1 aromatic heterocycles. The van der Waals surface area contributed by atoms with Gasteiger partial charge in [-0.15, -0.1) is 0 Å². The molecule has 1 N–H and O–H groups in total. The molecule has 0 bridgehead atoms. The van der Waals surface area contributed by atoms with E-state index in [1.807, 2.05) is 4.90 Å². The molecule has 9 nitrogen and oxygen atoms in total. The van der Waals surface area contributed by atoms with Crippen LogP contribution in [0.3, 0.4) is 0 Å². The highest BCUT2D eigenvalue weighted by atomic mass is 32.2. The zero-order valence-electron chi connectivity index (χ0n) is 18.4. The minimum atomic E-state index is -4.74. The molecule has 0 aromatic carbocycles. The SMILES string of the molecule is COC(C(C)NS(=O)(=O)c1cc(C)cnc1N1CCN(CCS(C)(=O)=O)CC1)C(F)(F)F. The lowest BCUT2D eigenvalue weighted by atomic mass is 10.2. The van der Waals surface area contributed by atoms with Gasteiger partial charge in [0.05, 0.1) is 11.8 Å². The first-order valence-corrected chi connectivity index (χ1v) is 13.4. The van der Waals surface area contributed by atoms with Crippen molar-refractivity contribution >= 4 is 25.7 Å². The largest absolute Gasteiger partial charge is 0.416 e. The van der Waals surface area contributed by atoms with E-state index in [-0.39, 0.29) is 16.5 Å². The van der Waals surface area contributed by atoms with Gasteiger partial charge in [0.1, 0.15) is 20.6 Å². The molecule has 2 unspecified atom stereocenters. The van der Waals surface area contributed by atoms with Crippen LogP contribution < -0.4 is 9.62 Å². The summed E-state index contributed by atoms with van der Waals surface area (Å²) in [6, 6.07) is -0.200. The first-order valence-electron chi connectivity index (χ1n) is 9.87.